The van der Waals surface area contributed by atoms with E-state index in [9.17, 15) is 8.42 Å². The van der Waals surface area contributed by atoms with Gasteiger partial charge in [0.15, 0.2) is 0 Å². The van der Waals surface area contributed by atoms with Gasteiger partial charge in [0.25, 0.3) is 0 Å². The van der Waals surface area contributed by atoms with Crippen LogP contribution in [0.25, 0.3) is 0 Å². The normalized spacial score (nSPS) is 19.4. The summed E-state index contributed by atoms with van der Waals surface area (Å²) >= 11 is 0. The van der Waals surface area contributed by atoms with E-state index in [0.717, 1.165) is 24.3 Å². The summed E-state index contributed by atoms with van der Waals surface area (Å²) in [5, 5.41) is 3.10. The van der Waals surface area contributed by atoms with Crippen molar-refractivity contribution in [2.75, 3.05) is 24.2 Å². The molecule has 1 aliphatic rings. The highest BCUT2D eigenvalue weighted by atomic mass is 32.2. The van der Waals surface area contributed by atoms with E-state index in [2.05, 4.69) is 10.3 Å². The van der Waals surface area contributed by atoms with Gasteiger partial charge in [0, 0.05) is 25.8 Å². The zero-order valence-electron chi connectivity index (χ0n) is 9.89. The smallest absolute Gasteiger partial charge is 0.214 e. The van der Waals surface area contributed by atoms with Gasteiger partial charge >= 0.3 is 0 Å². The summed E-state index contributed by atoms with van der Waals surface area (Å²) in [4.78, 5) is 4.23. The predicted molar refractivity (Wildman–Crippen MR) is 67.2 cm³/mol. The van der Waals surface area contributed by atoms with Crippen LogP contribution in [0.15, 0.2) is 18.3 Å². The van der Waals surface area contributed by atoms with E-state index >= 15 is 0 Å². The predicted octanol–water partition coefficient (Wildman–Crippen LogP) is 1.05. The van der Waals surface area contributed by atoms with E-state index in [4.69, 9.17) is 0 Å². The highest BCUT2D eigenvalue weighted by Crippen LogP contribution is 2.17. The lowest BCUT2D eigenvalue weighted by atomic mass is 10.3. The second-order valence-electron chi connectivity index (χ2n) is 4.09. The summed E-state index contributed by atoms with van der Waals surface area (Å²) in [5.74, 6) is 1.09. The summed E-state index contributed by atoms with van der Waals surface area (Å²) in [7, 11) is -3.02. The van der Waals surface area contributed by atoms with Crippen molar-refractivity contribution in [3.05, 3.63) is 23.9 Å². The van der Waals surface area contributed by atoms with Crippen LogP contribution in [0.2, 0.25) is 0 Å². The quantitative estimate of drug-likeness (QED) is 0.873. The molecule has 5 nitrogen and oxygen atoms in total. The summed E-state index contributed by atoms with van der Waals surface area (Å²) in [6.07, 6.45) is 2.46. The van der Waals surface area contributed by atoms with Gasteiger partial charge in [0.2, 0.25) is 10.0 Å². The first-order chi connectivity index (χ1) is 8.12. The van der Waals surface area contributed by atoms with Crippen LogP contribution in [0.4, 0.5) is 5.82 Å². The minimum absolute atomic E-state index is 0.274. The number of nitrogens with zero attached hydrogens (tertiary/aromatic N) is 2. The first-order valence-electron chi connectivity index (χ1n) is 5.78. The Morgan fingerprint density at radius 3 is 2.82 bits per heavy atom. The Kier molecular flexibility index (Phi) is 3.63. The fourth-order valence-electron chi connectivity index (χ4n) is 1.88. The average Bonchev–Trinajstić information content (AvgIpc) is 2.62. The van der Waals surface area contributed by atoms with E-state index in [0.29, 0.717) is 13.1 Å². The van der Waals surface area contributed by atoms with Crippen LogP contribution in [0.3, 0.4) is 0 Å². The topological polar surface area (TPSA) is 62.3 Å². The average molecular weight is 255 g/mol. The number of anilines is 1. The summed E-state index contributed by atoms with van der Waals surface area (Å²) in [6, 6.07) is 3.79. The van der Waals surface area contributed by atoms with Gasteiger partial charge in [-0.1, -0.05) is 6.07 Å². The van der Waals surface area contributed by atoms with Gasteiger partial charge in [-0.3, -0.25) is 0 Å². The number of sulfonamides is 1. The summed E-state index contributed by atoms with van der Waals surface area (Å²) in [6.45, 7) is 3.89. The summed E-state index contributed by atoms with van der Waals surface area (Å²) in [5.41, 5.74) is 0.928. The Bertz CT molecular complexity index is 470. The van der Waals surface area contributed by atoms with Gasteiger partial charge in [0.1, 0.15) is 5.82 Å². The van der Waals surface area contributed by atoms with Crippen LogP contribution in [0, 0.1) is 0 Å². The van der Waals surface area contributed by atoms with Crippen LogP contribution in [0.1, 0.15) is 18.9 Å². The second-order valence-corrected chi connectivity index (χ2v) is 6.17. The highest BCUT2D eigenvalue weighted by Gasteiger charge is 2.27. The SMILES string of the molecule is CCNc1ccc(CN2CCCS2(=O)=O)cn1. The molecule has 1 aliphatic heterocycles. The highest BCUT2D eigenvalue weighted by molar-refractivity contribution is 7.89. The molecule has 0 saturated carbocycles. The standard InChI is InChI=1S/C11H17N3O2S/c1-2-12-11-5-4-10(8-13-11)9-14-6-3-7-17(14,15)16/h4-5,8H,2-3,6-7,9H2,1H3,(H,12,13). The monoisotopic (exact) mass is 255 g/mol. The van der Waals surface area contributed by atoms with Crippen molar-refractivity contribution in [2.24, 2.45) is 0 Å². The number of pyridine rings is 1. The van der Waals surface area contributed by atoms with Crippen molar-refractivity contribution in [3.8, 4) is 0 Å². The molecule has 1 fully saturated rings. The van der Waals surface area contributed by atoms with E-state index in [1.165, 1.54) is 4.31 Å². The largest absolute Gasteiger partial charge is 0.370 e. The molecule has 0 atom stereocenters. The van der Waals surface area contributed by atoms with Gasteiger partial charge < -0.3 is 5.32 Å². The third kappa shape index (κ3) is 2.95. The van der Waals surface area contributed by atoms with Crippen LogP contribution >= 0.6 is 0 Å². The molecular weight excluding hydrogens is 238 g/mol. The van der Waals surface area contributed by atoms with Crippen LogP contribution in [-0.2, 0) is 16.6 Å². The maximum atomic E-state index is 11.6. The molecule has 2 heterocycles. The number of nitrogens with one attached hydrogen (secondary N) is 1. The zero-order chi connectivity index (χ0) is 12.3. The lowest BCUT2D eigenvalue weighted by Crippen LogP contribution is -2.25. The molecule has 2 rings (SSSR count). The van der Waals surface area contributed by atoms with Crippen molar-refractivity contribution in [1.29, 1.82) is 0 Å². The maximum Gasteiger partial charge on any atom is 0.214 e. The Hall–Kier alpha value is -1.14. The molecule has 94 valence electrons. The Balaban J connectivity index is 2.04. The third-order valence-corrected chi connectivity index (χ3v) is 4.65. The van der Waals surface area contributed by atoms with Gasteiger partial charge in [-0.2, -0.15) is 4.31 Å². The molecule has 1 aromatic rings. The molecule has 0 aromatic carbocycles. The number of aromatic nitrogens is 1. The van der Waals surface area contributed by atoms with E-state index in [1.807, 2.05) is 19.1 Å². The Morgan fingerprint density at radius 2 is 2.29 bits per heavy atom. The molecule has 6 heteroatoms. The van der Waals surface area contributed by atoms with Crippen molar-refractivity contribution in [1.82, 2.24) is 9.29 Å². The summed E-state index contributed by atoms with van der Waals surface area (Å²) < 4.78 is 24.8. The molecule has 0 amide bonds. The van der Waals surface area contributed by atoms with E-state index in [-0.39, 0.29) is 5.75 Å². The molecule has 0 radical (unpaired) electrons. The molecule has 1 aromatic heterocycles. The first kappa shape index (κ1) is 12.3. The lowest BCUT2D eigenvalue weighted by molar-refractivity contribution is 0.439. The second kappa shape index (κ2) is 5.01. The van der Waals surface area contributed by atoms with Gasteiger partial charge in [0.05, 0.1) is 5.75 Å². The fraction of sp³-hybridized carbons (Fsp3) is 0.545. The Morgan fingerprint density at radius 1 is 1.47 bits per heavy atom. The third-order valence-electron chi connectivity index (χ3n) is 2.74. The van der Waals surface area contributed by atoms with Crippen molar-refractivity contribution >= 4 is 15.8 Å². The van der Waals surface area contributed by atoms with E-state index in [1.54, 1.807) is 6.20 Å². The van der Waals surface area contributed by atoms with Crippen LogP contribution < -0.4 is 5.32 Å². The zero-order valence-corrected chi connectivity index (χ0v) is 10.7. The first-order valence-corrected chi connectivity index (χ1v) is 7.39. The minimum atomic E-state index is -3.02. The molecular formula is C11H17N3O2S. The lowest BCUT2D eigenvalue weighted by Gasteiger charge is -2.14. The van der Waals surface area contributed by atoms with Crippen molar-refractivity contribution in [2.45, 2.75) is 19.9 Å². The number of hydrogen-bond acceptors (Lipinski definition) is 4. The fourth-order valence-corrected chi connectivity index (χ4v) is 3.38. The molecule has 1 saturated heterocycles. The van der Waals surface area contributed by atoms with E-state index < -0.39 is 10.0 Å². The molecule has 17 heavy (non-hydrogen) atoms. The molecule has 0 bridgehead atoms. The van der Waals surface area contributed by atoms with Crippen molar-refractivity contribution in [3.63, 3.8) is 0 Å². The van der Waals surface area contributed by atoms with Gasteiger partial charge in [-0.25, -0.2) is 13.4 Å². The molecule has 0 aliphatic carbocycles. The van der Waals surface area contributed by atoms with Crippen LogP contribution in [-0.4, -0.2) is 36.5 Å². The molecule has 1 N–H and O–H groups in total. The molecule has 0 spiro atoms. The minimum Gasteiger partial charge on any atom is -0.370 e. The maximum absolute atomic E-state index is 11.6. The van der Waals surface area contributed by atoms with Crippen molar-refractivity contribution < 1.29 is 8.42 Å². The number of hydrogen-bond donors (Lipinski definition) is 1. The number of rotatable bonds is 4. The van der Waals surface area contributed by atoms with Crippen LogP contribution in [0.5, 0.6) is 0 Å². The Labute approximate surface area is 102 Å². The molecule has 0 unspecified atom stereocenters. The van der Waals surface area contributed by atoms with Gasteiger partial charge in [-0.05, 0) is 25.0 Å². The van der Waals surface area contributed by atoms with Gasteiger partial charge in [-0.15, -0.1) is 0 Å².